The number of methoxy groups -OCH3 is 1. The van der Waals surface area contributed by atoms with Crippen molar-refractivity contribution >= 4 is 17.7 Å². The molecule has 0 bridgehead atoms. The fraction of sp³-hybridized carbons (Fsp3) is 0.593. The van der Waals surface area contributed by atoms with Crippen LogP contribution in [-0.2, 0) is 28.6 Å². The summed E-state index contributed by atoms with van der Waals surface area (Å²) in [5.41, 5.74) is -0.980. The molecule has 4 aliphatic rings. The predicted molar refractivity (Wildman–Crippen MR) is 121 cm³/mol. The second kappa shape index (κ2) is 7.09. The number of cyclic esters (lactones) is 1. The predicted octanol–water partition coefficient (Wildman–Crippen LogP) is 4.69. The summed E-state index contributed by atoms with van der Waals surface area (Å²) in [6.45, 7) is 10.0. The van der Waals surface area contributed by atoms with Crippen LogP contribution in [0.2, 0.25) is 0 Å². The zero-order valence-corrected chi connectivity index (χ0v) is 20.6. The number of carbonyl (C=O) groups excluding carboxylic acids is 3. The van der Waals surface area contributed by atoms with Gasteiger partial charge < -0.3 is 18.6 Å². The van der Waals surface area contributed by atoms with Gasteiger partial charge in [0.25, 0.3) is 0 Å². The number of allylic oxidation sites excluding steroid dienone is 2. The second-order valence-corrected chi connectivity index (χ2v) is 11.4. The van der Waals surface area contributed by atoms with Crippen molar-refractivity contribution in [3.05, 3.63) is 47.6 Å². The molecule has 182 valence electrons. The van der Waals surface area contributed by atoms with Gasteiger partial charge in [0.05, 0.1) is 26.1 Å². The molecule has 7 nitrogen and oxygen atoms in total. The molecule has 0 N–H and O–H groups in total. The third-order valence-electron chi connectivity index (χ3n) is 9.36. The Bertz CT molecular complexity index is 1130. The third-order valence-corrected chi connectivity index (χ3v) is 9.36. The van der Waals surface area contributed by atoms with Crippen LogP contribution in [0.3, 0.4) is 0 Å². The summed E-state index contributed by atoms with van der Waals surface area (Å²) in [4.78, 5) is 38.4. The Morgan fingerprint density at radius 2 is 1.88 bits per heavy atom. The van der Waals surface area contributed by atoms with E-state index < -0.39 is 33.9 Å². The van der Waals surface area contributed by atoms with Gasteiger partial charge in [0.2, 0.25) is 0 Å². The molecular formula is C27H32O7. The monoisotopic (exact) mass is 468 g/mol. The molecule has 34 heavy (non-hydrogen) atoms. The number of carbonyl (C=O) groups is 3. The van der Waals surface area contributed by atoms with Crippen molar-refractivity contribution < 1.29 is 33.0 Å². The van der Waals surface area contributed by atoms with Crippen molar-refractivity contribution in [3.8, 4) is 0 Å². The van der Waals surface area contributed by atoms with Gasteiger partial charge in [0.1, 0.15) is 17.5 Å². The van der Waals surface area contributed by atoms with Gasteiger partial charge in [-0.1, -0.05) is 27.7 Å². The number of furan rings is 1. The Morgan fingerprint density at radius 3 is 2.53 bits per heavy atom. The summed E-state index contributed by atoms with van der Waals surface area (Å²) < 4.78 is 22.8. The zero-order chi connectivity index (χ0) is 24.7. The van der Waals surface area contributed by atoms with Crippen molar-refractivity contribution in [1.82, 2.24) is 0 Å². The molecule has 2 fully saturated rings. The number of hydrogen-bond acceptors (Lipinski definition) is 7. The molecule has 6 unspecified atom stereocenters. The normalized spacial score (nSPS) is 40.1. The van der Waals surface area contributed by atoms with Crippen molar-refractivity contribution in [1.29, 1.82) is 0 Å². The SMILES string of the molecule is COC(=O)CC1C(C)(C)C(=O)C=C2OC3(C)C4=CC(=O)OC(c5ccoc5)C4(C)CCC3C21C. The molecular weight excluding hydrogens is 436 g/mol. The maximum absolute atomic E-state index is 13.2. The molecule has 1 saturated carbocycles. The van der Waals surface area contributed by atoms with Crippen LogP contribution >= 0.6 is 0 Å². The Hall–Kier alpha value is -2.83. The number of ether oxygens (including phenoxy) is 3. The average Bonchev–Trinajstić information content (AvgIpc) is 3.37. The van der Waals surface area contributed by atoms with E-state index >= 15 is 0 Å². The maximum Gasteiger partial charge on any atom is 0.331 e. The van der Waals surface area contributed by atoms with Gasteiger partial charge in [-0.15, -0.1) is 0 Å². The smallest absolute Gasteiger partial charge is 0.331 e. The molecule has 7 heteroatoms. The van der Waals surface area contributed by atoms with Crippen molar-refractivity contribution in [2.24, 2.45) is 28.1 Å². The lowest BCUT2D eigenvalue weighted by molar-refractivity contribution is -0.158. The Balaban J connectivity index is 1.64. The van der Waals surface area contributed by atoms with Gasteiger partial charge in [0, 0.05) is 39.9 Å². The van der Waals surface area contributed by atoms with Gasteiger partial charge in [-0.3, -0.25) is 9.59 Å². The molecule has 2 aliphatic carbocycles. The largest absolute Gasteiger partial charge is 0.486 e. The highest BCUT2D eigenvalue weighted by Gasteiger charge is 2.71. The molecule has 0 aromatic carbocycles. The lowest BCUT2D eigenvalue weighted by Crippen LogP contribution is -2.56. The van der Waals surface area contributed by atoms with Crippen LogP contribution in [0.25, 0.3) is 0 Å². The fourth-order valence-corrected chi connectivity index (χ4v) is 7.50. The highest BCUT2D eigenvalue weighted by atomic mass is 16.5. The van der Waals surface area contributed by atoms with Crippen molar-refractivity contribution in [3.63, 3.8) is 0 Å². The first-order chi connectivity index (χ1) is 15.9. The standard InChI is InChI=1S/C27H32O7/c1-24(2)17(11-21(29)31-6)26(4)16-7-9-25(3)18(27(16,5)34-20(26)13-19(24)28)12-22(30)33-23(25)15-8-10-32-14-15/h8,10,12-14,16-17,23H,7,9,11H2,1-6H3. The van der Waals surface area contributed by atoms with E-state index in [9.17, 15) is 14.4 Å². The minimum atomic E-state index is -0.829. The van der Waals surface area contributed by atoms with Crippen LogP contribution in [0, 0.1) is 28.1 Å². The van der Waals surface area contributed by atoms with Crippen molar-refractivity contribution in [2.75, 3.05) is 7.11 Å². The second-order valence-electron chi connectivity index (χ2n) is 11.4. The summed E-state index contributed by atoms with van der Waals surface area (Å²) in [6.07, 6.45) is 7.56. The molecule has 5 rings (SSSR count). The van der Waals surface area contributed by atoms with Crippen LogP contribution in [0.1, 0.15) is 65.5 Å². The molecule has 6 atom stereocenters. The summed E-state index contributed by atoms with van der Waals surface area (Å²) in [5, 5.41) is 0. The fourth-order valence-electron chi connectivity index (χ4n) is 7.50. The van der Waals surface area contributed by atoms with E-state index in [0.717, 1.165) is 24.0 Å². The molecule has 1 saturated heterocycles. The Labute approximate surface area is 199 Å². The van der Waals surface area contributed by atoms with E-state index in [1.165, 1.54) is 7.11 Å². The molecule has 2 aliphatic heterocycles. The van der Waals surface area contributed by atoms with Gasteiger partial charge in [-0.05, 0) is 37.3 Å². The first-order valence-corrected chi connectivity index (χ1v) is 11.9. The minimum absolute atomic E-state index is 0.0384. The number of esters is 2. The third kappa shape index (κ3) is 2.78. The summed E-state index contributed by atoms with van der Waals surface area (Å²) >= 11 is 0. The van der Waals surface area contributed by atoms with E-state index in [2.05, 4.69) is 13.8 Å². The van der Waals surface area contributed by atoms with Gasteiger partial charge in [-0.25, -0.2) is 4.79 Å². The Kier molecular flexibility index (Phi) is 4.78. The summed E-state index contributed by atoms with van der Waals surface area (Å²) in [5.74, 6) is -0.571. The highest BCUT2D eigenvalue weighted by molar-refractivity contribution is 5.97. The summed E-state index contributed by atoms with van der Waals surface area (Å²) in [7, 11) is 1.37. The highest BCUT2D eigenvalue weighted by Crippen LogP contribution is 2.71. The molecule has 0 amide bonds. The number of hydrogen-bond donors (Lipinski definition) is 0. The first-order valence-electron chi connectivity index (χ1n) is 11.9. The number of fused-ring (bicyclic) bond motifs is 5. The molecule has 1 aromatic rings. The number of rotatable bonds is 3. The van der Waals surface area contributed by atoms with Gasteiger partial charge >= 0.3 is 11.9 Å². The lowest BCUT2D eigenvalue weighted by Gasteiger charge is -2.55. The average molecular weight is 469 g/mol. The minimum Gasteiger partial charge on any atom is -0.486 e. The zero-order valence-electron chi connectivity index (χ0n) is 20.6. The summed E-state index contributed by atoms with van der Waals surface area (Å²) in [6, 6.07) is 1.83. The van der Waals surface area contributed by atoms with Crippen LogP contribution < -0.4 is 0 Å². The van der Waals surface area contributed by atoms with Crippen LogP contribution in [0.5, 0.6) is 0 Å². The maximum atomic E-state index is 13.2. The molecule has 3 heterocycles. The molecule has 0 spiro atoms. The van der Waals surface area contributed by atoms with E-state index in [4.69, 9.17) is 18.6 Å². The van der Waals surface area contributed by atoms with Crippen LogP contribution in [0.4, 0.5) is 0 Å². The molecule has 0 radical (unpaired) electrons. The quantitative estimate of drug-likeness (QED) is 0.594. The van der Waals surface area contributed by atoms with Gasteiger partial charge in [-0.2, -0.15) is 0 Å². The van der Waals surface area contributed by atoms with Crippen LogP contribution in [0.15, 0.2) is 46.5 Å². The van der Waals surface area contributed by atoms with E-state index in [1.807, 2.05) is 26.8 Å². The molecule has 1 aromatic heterocycles. The Morgan fingerprint density at radius 1 is 1.15 bits per heavy atom. The van der Waals surface area contributed by atoms with Crippen molar-refractivity contribution in [2.45, 2.75) is 65.6 Å². The van der Waals surface area contributed by atoms with Gasteiger partial charge in [0.15, 0.2) is 5.78 Å². The first kappa shape index (κ1) is 22.9. The van der Waals surface area contributed by atoms with E-state index in [0.29, 0.717) is 5.76 Å². The number of ketones is 1. The van der Waals surface area contributed by atoms with Crippen LogP contribution in [-0.4, -0.2) is 30.4 Å². The topological polar surface area (TPSA) is 92.0 Å². The van der Waals surface area contributed by atoms with E-state index in [-0.39, 0.29) is 30.0 Å². The lowest BCUT2D eigenvalue weighted by atomic mass is 9.47. The van der Waals surface area contributed by atoms with E-state index in [1.54, 1.807) is 24.7 Å².